The summed E-state index contributed by atoms with van der Waals surface area (Å²) in [6, 6.07) is 0.386. The Bertz CT molecular complexity index is 607. The average molecular weight is 260 g/mol. The quantitative estimate of drug-likeness (QED) is 0.834. The number of carbonyl (C=O) groups is 1. The summed E-state index contributed by atoms with van der Waals surface area (Å²) in [5.41, 5.74) is 4.46. The Labute approximate surface area is 97.8 Å². The van der Waals surface area contributed by atoms with Crippen molar-refractivity contribution in [2.24, 2.45) is 5.73 Å². The van der Waals surface area contributed by atoms with E-state index in [1.54, 1.807) is 0 Å². The number of nitrogens with zero attached hydrogens (tertiary/aromatic N) is 3. The Morgan fingerprint density at radius 3 is 2.61 bits per heavy atom. The van der Waals surface area contributed by atoms with Crippen LogP contribution < -0.4 is 5.73 Å². The first kappa shape index (κ1) is 12.3. The molecule has 96 valence electrons. The fourth-order valence-electron chi connectivity index (χ4n) is 1.40. The highest BCUT2D eigenvalue weighted by Gasteiger charge is 2.31. The number of pyridine rings is 1. The molecule has 2 aromatic rings. The van der Waals surface area contributed by atoms with Crippen LogP contribution in [0.4, 0.5) is 13.2 Å². The Morgan fingerprint density at radius 1 is 1.39 bits per heavy atom. The number of hydrogen-bond donors (Lipinski definition) is 2. The number of fused-ring (bicyclic) bond motifs is 1. The Morgan fingerprint density at radius 2 is 2.06 bits per heavy atom. The van der Waals surface area contributed by atoms with Crippen LogP contribution in [0.3, 0.4) is 0 Å². The minimum Gasteiger partial charge on any atom is -0.480 e. The molecule has 0 bridgehead atoms. The molecule has 18 heavy (non-hydrogen) atoms. The molecule has 0 aliphatic carbocycles. The maximum atomic E-state index is 12.5. The lowest BCUT2D eigenvalue weighted by Crippen LogP contribution is -2.23. The summed E-state index contributed by atoms with van der Waals surface area (Å²) < 4.78 is 38.5. The third-order valence-electron chi connectivity index (χ3n) is 2.30. The van der Waals surface area contributed by atoms with Crippen molar-refractivity contribution in [3.05, 3.63) is 29.7 Å². The molecule has 0 radical (unpaired) electrons. The van der Waals surface area contributed by atoms with Gasteiger partial charge in [0.1, 0.15) is 0 Å². The number of rotatable bonds is 2. The topological polar surface area (TPSA) is 93.5 Å². The van der Waals surface area contributed by atoms with Crippen LogP contribution in [-0.2, 0) is 11.0 Å². The second kappa shape index (κ2) is 3.95. The normalized spacial score (nSPS) is 13.8. The molecular weight excluding hydrogens is 253 g/mol. The van der Waals surface area contributed by atoms with Crippen LogP contribution in [0.15, 0.2) is 18.3 Å². The number of carboxylic acids is 1. The molecule has 0 aliphatic heterocycles. The van der Waals surface area contributed by atoms with Crippen molar-refractivity contribution in [2.45, 2.75) is 12.2 Å². The minimum atomic E-state index is -4.54. The summed E-state index contributed by atoms with van der Waals surface area (Å²) in [6.07, 6.45) is -3.82. The van der Waals surface area contributed by atoms with E-state index in [-0.39, 0.29) is 11.5 Å². The molecule has 9 heteroatoms. The Hall–Kier alpha value is -2.16. The molecule has 0 fully saturated rings. The predicted octanol–water partition coefficient (Wildman–Crippen LogP) is 0.833. The van der Waals surface area contributed by atoms with Gasteiger partial charge in [-0.2, -0.15) is 13.2 Å². The van der Waals surface area contributed by atoms with Crippen LogP contribution in [0.1, 0.15) is 17.4 Å². The number of alkyl halides is 3. The largest absolute Gasteiger partial charge is 0.480 e. The third kappa shape index (κ3) is 1.99. The molecule has 0 aromatic carbocycles. The molecule has 1 unspecified atom stereocenters. The van der Waals surface area contributed by atoms with E-state index in [1.165, 1.54) is 0 Å². The van der Waals surface area contributed by atoms with Gasteiger partial charge < -0.3 is 10.8 Å². The van der Waals surface area contributed by atoms with Gasteiger partial charge in [0.2, 0.25) is 0 Å². The van der Waals surface area contributed by atoms with Gasteiger partial charge in [-0.3, -0.25) is 9.20 Å². The van der Waals surface area contributed by atoms with Crippen molar-refractivity contribution in [3.8, 4) is 0 Å². The molecule has 2 rings (SSSR count). The van der Waals surface area contributed by atoms with Gasteiger partial charge in [-0.15, -0.1) is 10.2 Å². The van der Waals surface area contributed by atoms with Crippen molar-refractivity contribution in [3.63, 3.8) is 0 Å². The number of aliphatic carboxylic acids is 1. The number of aromatic nitrogens is 3. The van der Waals surface area contributed by atoms with Gasteiger partial charge in [0.05, 0.1) is 5.56 Å². The maximum absolute atomic E-state index is 12.5. The van der Waals surface area contributed by atoms with E-state index in [1.807, 2.05) is 0 Å². The summed E-state index contributed by atoms with van der Waals surface area (Å²) in [4.78, 5) is 10.7. The summed E-state index contributed by atoms with van der Waals surface area (Å²) in [6.45, 7) is 0. The van der Waals surface area contributed by atoms with Crippen LogP contribution in [0, 0.1) is 0 Å². The van der Waals surface area contributed by atoms with Crippen LogP contribution in [-0.4, -0.2) is 25.7 Å². The van der Waals surface area contributed by atoms with Gasteiger partial charge >= 0.3 is 12.1 Å². The van der Waals surface area contributed by atoms with Crippen molar-refractivity contribution >= 4 is 11.6 Å². The second-order valence-corrected chi connectivity index (χ2v) is 3.52. The lowest BCUT2D eigenvalue weighted by Gasteiger charge is -2.08. The molecule has 1 atom stereocenters. The zero-order valence-corrected chi connectivity index (χ0v) is 8.72. The average Bonchev–Trinajstić information content (AvgIpc) is 2.69. The monoisotopic (exact) mass is 260 g/mol. The van der Waals surface area contributed by atoms with Crippen LogP contribution >= 0.6 is 0 Å². The lowest BCUT2D eigenvalue weighted by molar-refractivity contribution is -0.139. The van der Waals surface area contributed by atoms with E-state index < -0.39 is 23.8 Å². The van der Waals surface area contributed by atoms with Gasteiger partial charge in [0.25, 0.3) is 0 Å². The Kier molecular flexibility index (Phi) is 2.70. The summed E-state index contributed by atoms with van der Waals surface area (Å²) in [7, 11) is 0. The van der Waals surface area contributed by atoms with Crippen LogP contribution in [0.2, 0.25) is 0 Å². The molecule has 2 heterocycles. The van der Waals surface area contributed by atoms with Gasteiger partial charge in [-0.05, 0) is 12.1 Å². The van der Waals surface area contributed by atoms with E-state index in [4.69, 9.17) is 10.8 Å². The van der Waals surface area contributed by atoms with E-state index in [9.17, 15) is 18.0 Å². The highest BCUT2D eigenvalue weighted by Crippen LogP contribution is 2.29. The summed E-state index contributed by atoms with van der Waals surface area (Å²) in [5, 5.41) is 15.7. The standard InChI is InChI=1S/C9H7F3N4O2/c10-9(11,12)4-1-2-5-14-15-7(16(5)3-4)6(13)8(17)18/h1-3,6H,13H2,(H,17,18). The van der Waals surface area contributed by atoms with Crippen molar-refractivity contribution in [1.82, 2.24) is 14.6 Å². The number of halogens is 3. The van der Waals surface area contributed by atoms with E-state index in [2.05, 4.69) is 10.2 Å². The molecule has 2 aromatic heterocycles. The van der Waals surface area contributed by atoms with E-state index in [0.717, 1.165) is 16.5 Å². The van der Waals surface area contributed by atoms with Crippen LogP contribution in [0.5, 0.6) is 0 Å². The first-order chi connectivity index (χ1) is 8.30. The minimum absolute atomic E-state index is 0.0923. The van der Waals surface area contributed by atoms with Gasteiger partial charge in [0.15, 0.2) is 17.5 Å². The molecular formula is C9H7F3N4O2. The molecule has 3 N–H and O–H groups in total. The maximum Gasteiger partial charge on any atom is 0.417 e. The van der Waals surface area contributed by atoms with E-state index >= 15 is 0 Å². The molecule has 0 saturated heterocycles. The van der Waals surface area contributed by atoms with Gasteiger partial charge in [-0.1, -0.05) is 0 Å². The second-order valence-electron chi connectivity index (χ2n) is 3.52. The molecule has 6 nitrogen and oxygen atoms in total. The van der Waals surface area contributed by atoms with Crippen LogP contribution in [0.25, 0.3) is 5.65 Å². The Balaban J connectivity index is 2.60. The van der Waals surface area contributed by atoms with Gasteiger partial charge in [-0.25, -0.2) is 0 Å². The number of nitrogens with two attached hydrogens (primary N) is 1. The molecule has 0 saturated carbocycles. The lowest BCUT2D eigenvalue weighted by atomic mass is 10.2. The third-order valence-corrected chi connectivity index (χ3v) is 2.30. The van der Waals surface area contributed by atoms with Gasteiger partial charge in [0, 0.05) is 6.20 Å². The number of carboxylic acid groups (broad SMARTS) is 1. The molecule has 0 aliphatic rings. The van der Waals surface area contributed by atoms with Crippen molar-refractivity contribution in [1.29, 1.82) is 0 Å². The SMILES string of the molecule is NC(C(=O)O)c1nnc2ccc(C(F)(F)F)cn12. The smallest absolute Gasteiger partial charge is 0.417 e. The zero-order valence-electron chi connectivity index (χ0n) is 8.72. The highest BCUT2D eigenvalue weighted by molar-refractivity contribution is 5.74. The highest BCUT2D eigenvalue weighted by atomic mass is 19.4. The number of hydrogen-bond acceptors (Lipinski definition) is 4. The first-order valence-electron chi connectivity index (χ1n) is 4.71. The molecule has 0 amide bonds. The fraction of sp³-hybridized carbons (Fsp3) is 0.222. The summed E-state index contributed by atoms with van der Waals surface area (Å²) in [5.74, 6) is -1.66. The molecule has 0 spiro atoms. The predicted molar refractivity (Wildman–Crippen MR) is 52.6 cm³/mol. The van der Waals surface area contributed by atoms with Crippen molar-refractivity contribution in [2.75, 3.05) is 0 Å². The zero-order chi connectivity index (χ0) is 13.5. The summed E-state index contributed by atoms with van der Waals surface area (Å²) >= 11 is 0. The fourth-order valence-corrected chi connectivity index (χ4v) is 1.40. The van der Waals surface area contributed by atoms with Crippen molar-refractivity contribution < 1.29 is 23.1 Å². The first-order valence-corrected chi connectivity index (χ1v) is 4.71. The van der Waals surface area contributed by atoms with E-state index in [0.29, 0.717) is 6.20 Å².